The van der Waals surface area contributed by atoms with E-state index in [2.05, 4.69) is 10.6 Å². The summed E-state index contributed by atoms with van der Waals surface area (Å²) in [5, 5.41) is 5.41. The van der Waals surface area contributed by atoms with Gasteiger partial charge in [0, 0.05) is 46.1 Å². The normalized spacial score (nSPS) is 11.3. The molecule has 140 valence electrons. The number of sulfonamides is 1. The lowest BCUT2D eigenvalue weighted by molar-refractivity contribution is 0.251. The molecule has 0 aliphatic carbocycles. The van der Waals surface area contributed by atoms with Gasteiger partial charge in [-0.3, -0.25) is 0 Å². The minimum atomic E-state index is -3.54. The fourth-order valence-corrected chi connectivity index (χ4v) is 3.16. The summed E-state index contributed by atoms with van der Waals surface area (Å²) in [7, 11) is 3.31. The average molecular weight is 376 g/mol. The van der Waals surface area contributed by atoms with E-state index in [1.165, 1.54) is 26.2 Å². The second kappa shape index (κ2) is 8.20. The summed E-state index contributed by atoms with van der Waals surface area (Å²) in [5.41, 5.74) is 2.46. The molecule has 0 atom stereocenters. The van der Waals surface area contributed by atoms with Crippen LogP contribution in [0.4, 0.5) is 16.2 Å². The van der Waals surface area contributed by atoms with Gasteiger partial charge in [0.15, 0.2) is 0 Å². The number of rotatable bonds is 6. The zero-order valence-corrected chi connectivity index (χ0v) is 16.2. The van der Waals surface area contributed by atoms with Crippen LogP contribution in [-0.4, -0.2) is 46.9 Å². The molecule has 0 aromatic heterocycles. The number of carbonyl (C=O) groups is 1. The molecule has 0 saturated heterocycles. The molecule has 0 radical (unpaired) electrons. The van der Waals surface area contributed by atoms with Crippen LogP contribution in [0.1, 0.15) is 5.56 Å². The summed E-state index contributed by atoms with van der Waals surface area (Å²) in [5.74, 6) is 0. The smallest absolute Gasteiger partial charge is 0.319 e. The average Bonchev–Trinajstić information content (AvgIpc) is 2.60. The van der Waals surface area contributed by atoms with Crippen molar-refractivity contribution in [1.29, 1.82) is 0 Å². The number of carbonyl (C=O) groups excluding carboxylic acids is 1. The molecule has 0 aliphatic heterocycles. The van der Waals surface area contributed by atoms with Crippen molar-refractivity contribution < 1.29 is 13.2 Å². The van der Waals surface area contributed by atoms with E-state index in [-0.39, 0.29) is 4.90 Å². The lowest BCUT2D eigenvalue weighted by Gasteiger charge is -2.14. The molecule has 2 rings (SSSR count). The second-order valence-electron chi connectivity index (χ2n) is 6.18. The van der Waals surface area contributed by atoms with Gasteiger partial charge >= 0.3 is 6.03 Å². The number of amides is 2. The minimum Gasteiger partial charge on any atom is -0.378 e. The Labute approximate surface area is 154 Å². The largest absolute Gasteiger partial charge is 0.378 e. The molecule has 0 unspecified atom stereocenters. The van der Waals surface area contributed by atoms with Crippen LogP contribution < -0.4 is 15.5 Å². The van der Waals surface area contributed by atoms with Crippen molar-refractivity contribution in [3.05, 3.63) is 54.1 Å². The van der Waals surface area contributed by atoms with Crippen molar-refractivity contribution in [2.45, 2.75) is 11.4 Å². The molecule has 7 nitrogen and oxygen atoms in total. The van der Waals surface area contributed by atoms with Gasteiger partial charge in [-0.05, 0) is 35.9 Å². The van der Waals surface area contributed by atoms with Gasteiger partial charge in [-0.1, -0.05) is 18.2 Å². The molecule has 2 aromatic carbocycles. The summed E-state index contributed by atoms with van der Waals surface area (Å²) in [6, 6.07) is 13.6. The van der Waals surface area contributed by atoms with E-state index in [1.54, 1.807) is 12.1 Å². The highest BCUT2D eigenvalue weighted by molar-refractivity contribution is 7.89. The van der Waals surface area contributed by atoms with Crippen molar-refractivity contribution in [3.8, 4) is 0 Å². The predicted molar refractivity (Wildman–Crippen MR) is 104 cm³/mol. The number of hydrogen-bond acceptors (Lipinski definition) is 4. The van der Waals surface area contributed by atoms with Crippen molar-refractivity contribution >= 4 is 27.4 Å². The summed E-state index contributed by atoms with van der Waals surface area (Å²) in [4.78, 5) is 14.2. The number of benzene rings is 2. The molecule has 2 aromatic rings. The topological polar surface area (TPSA) is 81.8 Å². The Bertz CT molecular complexity index is 862. The zero-order chi connectivity index (χ0) is 19.3. The van der Waals surface area contributed by atoms with Crippen LogP contribution >= 0.6 is 0 Å². The third-order valence-electron chi connectivity index (χ3n) is 3.78. The van der Waals surface area contributed by atoms with E-state index in [0.29, 0.717) is 12.2 Å². The van der Waals surface area contributed by atoms with Crippen molar-refractivity contribution in [2.24, 2.45) is 0 Å². The fraction of sp³-hybridized carbons (Fsp3) is 0.278. The number of urea groups is 1. The zero-order valence-electron chi connectivity index (χ0n) is 15.4. The molecule has 0 spiro atoms. The number of anilines is 2. The van der Waals surface area contributed by atoms with E-state index in [9.17, 15) is 13.2 Å². The maximum atomic E-state index is 12.2. The van der Waals surface area contributed by atoms with Crippen molar-refractivity contribution in [3.63, 3.8) is 0 Å². The lowest BCUT2D eigenvalue weighted by Crippen LogP contribution is -2.28. The Morgan fingerprint density at radius 3 is 2.23 bits per heavy atom. The maximum Gasteiger partial charge on any atom is 0.319 e. The van der Waals surface area contributed by atoms with Crippen LogP contribution in [0, 0.1) is 0 Å². The maximum absolute atomic E-state index is 12.2. The van der Waals surface area contributed by atoms with Crippen LogP contribution in [0.15, 0.2) is 53.4 Å². The highest BCUT2D eigenvalue weighted by Gasteiger charge is 2.17. The Morgan fingerprint density at radius 2 is 1.65 bits per heavy atom. The third-order valence-corrected chi connectivity index (χ3v) is 5.59. The predicted octanol–water partition coefficient (Wildman–Crippen LogP) is 2.32. The number of hydrogen-bond donors (Lipinski definition) is 2. The van der Waals surface area contributed by atoms with Crippen LogP contribution in [0.3, 0.4) is 0 Å². The molecule has 0 heterocycles. The Morgan fingerprint density at radius 1 is 1.00 bits per heavy atom. The Balaban J connectivity index is 1.98. The molecule has 2 N–H and O–H groups in total. The van der Waals surface area contributed by atoms with Gasteiger partial charge < -0.3 is 15.5 Å². The van der Waals surface area contributed by atoms with Crippen LogP contribution in [0.2, 0.25) is 0 Å². The van der Waals surface area contributed by atoms with Gasteiger partial charge in [-0.15, -0.1) is 0 Å². The number of nitrogens with one attached hydrogen (secondary N) is 2. The molecular weight excluding hydrogens is 352 g/mol. The Hall–Kier alpha value is -2.58. The van der Waals surface area contributed by atoms with Crippen molar-refractivity contribution in [1.82, 2.24) is 9.62 Å². The molecule has 0 saturated carbocycles. The van der Waals surface area contributed by atoms with E-state index in [0.717, 1.165) is 15.6 Å². The molecule has 2 amide bonds. The molecule has 0 bridgehead atoms. The monoisotopic (exact) mass is 376 g/mol. The van der Waals surface area contributed by atoms with Gasteiger partial charge in [0.05, 0.1) is 4.90 Å². The van der Waals surface area contributed by atoms with Crippen molar-refractivity contribution in [2.75, 3.05) is 38.4 Å². The first-order chi connectivity index (χ1) is 12.2. The lowest BCUT2D eigenvalue weighted by atomic mass is 10.2. The quantitative estimate of drug-likeness (QED) is 0.811. The summed E-state index contributed by atoms with van der Waals surface area (Å²) < 4.78 is 25.4. The highest BCUT2D eigenvalue weighted by Crippen LogP contribution is 2.18. The summed E-state index contributed by atoms with van der Waals surface area (Å²) in [6.07, 6.45) is 0. The molecule has 8 heteroatoms. The standard InChI is InChI=1S/C18H24N4O3S/c1-21(2)16-10-8-14(9-11-16)13-19-18(23)20-15-6-5-7-17(12-15)26(24,25)22(3)4/h5-12H,13H2,1-4H3,(H2,19,20,23). The van der Waals surface area contributed by atoms with Gasteiger partial charge in [-0.25, -0.2) is 17.5 Å². The summed E-state index contributed by atoms with van der Waals surface area (Å²) >= 11 is 0. The molecule has 26 heavy (non-hydrogen) atoms. The van der Waals surface area contributed by atoms with E-state index in [1.807, 2.05) is 43.3 Å². The number of nitrogens with zero attached hydrogens (tertiary/aromatic N) is 2. The minimum absolute atomic E-state index is 0.125. The van der Waals surface area contributed by atoms with E-state index >= 15 is 0 Å². The molecule has 0 fully saturated rings. The van der Waals surface area contributed by atoms with Gasteiger partial charge in [0.1, 0.15) is 0 Å². The summed E-state index contributed by atoms with van der Waals surface area (Å²) in [6.45, 7) is 0.370. The van der Waals surface area contributed by atoms with E-state index in [4.69, 9.17) is 0 Å². The second-order valence-corrected chi connectivity index (χ2v) is 8.34. The van der Waals surface area contributed by atoms with Gasteiger partial charge in [-0.2, -0.15) is 0 Å². The molecule has 0 aliphatic rings. The molecular formula is C18H24N4O3S. The van der Waals surface area contributed by atoms with Crippen LogP contribution in [-0.2, 0) is 16.6 Å². The fourth-order valence-electron chi connectivity index (χ4n) is 2.21. The SMILES string of the molecule is CN(C)c1ccc(CNC(=O)Nc2cccc(S(=O)(=O)N(C)C)c2)cc1. The first-order valence-electron chi connectivity index (χ1n) is 8.04. The van der Waals surface area contributed by atoms with Gasteiger partial charge in [0.2, 0.25) is 10.0 Å². The third kappa shape index (κ3) is 4.96. The van der Waals surface area contributed by atoms with E-state index < -0.39 is 16.1 Å². The first-order valence-corrected chi connectivity index (χ1v) is 9.48. The van der Waals surface area contributed by atoms with Crippen LogP contribution in [0.5, 0.6) is 0 Å². The van der Waals surface area contributed by atoms with Crippen LogP contribution in [0.25, 0.3) is 0 Å². The highest BCUT2D eigenvalue weighted by atomic mass is 32.2. The first kappa shape index (κ1) is 19.7. The Kier molecular flexibility index (Phi) is 6.23. The van der Waals surface area contributed by atoms with Gasteiger partial charge in [0.25, 0.3) is 0 Å².